The van der Waals surface area contributed by atoms with Crippen LogP contribution in [0.5, 0.6) is 0 Å². The number of esters is 1. The van der Waals surface area contributed by atoms with E-state index in [9.17, 15) is 9.59 Å². The number of hydrogen-bond acceptors (Lipinski definition) is 5. The summed E-state index contributed by atoms with van der Waals surface area (Å²) in [5.41, 5.74) is 0. The number of ether oxygens (including phenoxy) is 3. The second-order valence-electron chi connectivity index (χ2n) is 3.93. The van der Waals surface area contributed by atoms with Crippen molar-refractivity contribution in [2.24, 2.45) is 0 Å². The van der Waals surface area contributed by atoms with Gasteiger partial charge in [0.25, 0.3) is 0 Å². The van der Waals surface area contributed by atoms with Gasteiger partial charge >= 0.3 is 11.9 Å². The molecule has 98 valence electrons. The Balaban J connectivity index is 1.93. The van der Waals surface area contributed by atoms with Gasteiger partial charge in [0.1, 0.15) is 0 Å². The summed E-state index contributed by atoms with van der Waals surface area (Å²) in [6, 6.07) is 0. The first kappa shape index (κ1) is 13.9. The summed E-state index contributed by atoms with van der Waals surface area (Å²) >= 11 is 0. The van der Waals surface area contributed by atoms with Gasteiger partial charge in [-0.1, -0.05) is 0 Å². The molecule has 0 amide bonds. The van der Waals surface area contributed by atoms with E-state index in [1.54, 1.807) is 0 Å². The number of methoxy groups -OCH3 is 1. The van der Waals surface area contributed by atoms with Crippen molar-refractivity contribution in [3.8, 4) is 0 Å². The van der Waals surface area contributed by atoms with Gasteiger partial charge in [-0.2, -0.15) is 0 Å². The fraction of sp³-hybridized carbons (Fsp3) is 0.818. The molecule has 0 heterocycles. The number of carboxylic acid groups (broad SMARTS) is 1. The summed E-state index contributed by atoms with van der Waals surface area (Å²) < 4.78 is 15.2. The van der Waals surface area contributed by atoms with E-state index < -0.39 is 5.97 Å². The number of carbonyl (C=O) groups excluding carboxylic acids is 1. The average Bonchev–Trinajstić information content (AvgIpc) is 2.23. The smallest absolute Gasteiger partial charge is 0.307 e. The molecule has 1 N–H and O–H groups in total. The first-order valence-corrected chi connectivity index (χ1v) is 5.63. The Hall–Kier alpha value is -1.14. The molecule has 0 spiro atoms. The zero-order chi connectivity index (χ0) is 12.7. The van der Waals surface area contributed by atoms with Gasteiger partial charge < -0.3 is 19.3 Å². The Kier molecular flexibility index (Phi) is 5.93. The van der Waals surface area contributed by atoms with Gasteiger partial charge in [-0.15, -0.1) is 0 Å². The van der Waals surface area contributed by atoms with Gasteiger partial charge in [-0.05, 0) is 12.8 Å². The first-order valence-electron chi connectivity index (χ1n) is 5.63. The maximum atomic E-state index is 10.8. The predicted molar refractivity (Wildman–Crippen MR) is 57.6 cm³/mol. The molecule has 1 aliphatic rings. The highest BCUT2D eigenvalue weighted by atomic mass is 16.5. The van der Waals surface area contributed by atoms with E-state index in [0.29, 0.717) is 6.61 Å². The van der Waals surface area contributed by atoms with Crippen LogP contribution in [0.3, 0.4) is 0 Å². The first-order chi connectivity index (χ1) is 8.11. The molecule has 1 fully saturated rings. The van der Waals surface area contributed by atoms with E-state index in [1.165, 1.54) is 7.11 Å². The van der Waals surface area contributed by atoms with Crippen LogP contribution in [-0.4, -0.2) is 49.6 Å². The molecule has 0 bridgehead atoms. The summed E-state index contributed by atoms with van der Waals surface area (Å²) in [6.07, 6.45) is 2.04. The third kappa shape index (κ3) is 5.65. The lowest BCUT2D eigenvalue weighted by molar-refractivity contribution is -0.145. The molecule has 6 heteroatoms. The molecule has 1 aliphatic carbocycles. The maximum absolute atomic E-state index is 10.8. The lowest BCUT2D eigenvalue weighted by Gasteiger charge is -2.34. The average molecular weight is 246 g/mol. The summed E-state index contributed by atoms with van der Waals surface area (Å²) in [5, 5.41) is 8.41. The molecule has 17 heavy (non-hydrogen) atoms. The highest BCUT2D eigenvalue weighted by Gasteiger charge is 2.30. The van der Waals surface area contributed by atoms with E-state index in [1.807, 2.05) is 0 Å². The number of carboxylic acids is 1. The fourth-order valence-electron chi connectivity index (χ4n) is 1.51. The number of aliphatic carboxylic acids is 1. The minimum Gasteiger partial charge on any atom is -0.481 e. The molecule has 0 radical (unpaired) electrons. The fourth-order valence-corrected chi connectivity index (χ4v) is 1.51. The van der Waals surface area contributed by atoms with Crippen LogP contribution in [0.2, 0.25) is 0 Å². The molecule has 0 unspecified atom stereocenters. The predicted octanol–water partition coefficient (Wildman–Crippen LogP) is 0.588. The number of rotatable bonds is 8. The molecule has 0 aliphatic heterocycles. The molecule has 6 nitrogen and oxygen atoms in total. The van der Waals surface area contributed by atoms with Crippen LogP contribution in [-0.2, 0) is 23.8 Å². The Morgan fingerprint density at radius 2 is 1.65 bits per heavy atom. The van der Waals surface area contributed by atoms with E-state index in [4.69, 9.17) is 14.6 Å². The molecule has 0 aromatic heterocycles. The summed E-state index contributed by atoms with van der Waals surface area (Å²) in [6.45, 7) is 0.605. The lowest BCUT2D eigenvalue weighted by Crippen LogP contribution is -2.38. The zero-order valence-electron chi connectivity index (χ0n) is 9.89. The van der Waals surface area contributed by atoms with Crippen LogP contribution >= 0.6 is 0 Å². The lowest BCUT2D eigenvalue weighted by atomic mass is 9.92. The van der Waals surface area contributed by atoms with Gasteiger partial charge in [0.05, 0.1) is 45.4 Å². The van der Waals surface area contributed by atoms with Crippen LogP contribution in [0, 0.1) is 0 Å². The molecule has 0 aromatic rings. The molecular formula is C11H18O6. The van der Waals surface area contributed by atoms with Gasteiger partial charge in [0, 0.05) is 0 Å². The SMILES string of the molecule is COC(=O)CCOC1CC(OCCC(=O)O)C1. The quantitative estimate of drug-likeness (QED) is 0.631. The van der Waals surface area contributed by atoms with Crippen LogP contribution < -0.4 is 0 Å². The van der Waals surface area contributed by atoms with E-state index in [2.05, 4.69) is 4.74 Å². The van der Waals surface area contributed by atoms with Crippen LogP contribution in [0.4, 0.5) is 0 Å². The van der Waals surface area contributed by atoms with Crippen molar-refractivity contribution >= 4 is 11.9 Å². The Bertz CT molecular complexity index is 259. The number of carbonyl (C=O) groups is 2. The second kappa shape index (κ2) is 7.24. The Labute approximate surface area is 99.8 Å². The third-order valence-corrected chi connectivity index (χ3v) is 2.61. The van der Waals surface area contributed by atoms with Crippen LogP contribution in [0.15, 0.2) is 0 Å². The standard InChI is InChI=1S/C11H18O6/c1-15-11(14)3-5-17-9-6-8(7-9)16-4-2-10(12)13/h8-9H,2-7H2,1H3,(H,12,13). The maximum Gasteiger partial charge on any atom is 0.307 e. The largest absolute Gasteiger partial charge is 0.481 e. The normalized spacial score (nSPS) is 22.9. The molecule has 0 saturated heterocycles. The van der Waals surface area contributed by atoms with Gasteiger partial charge in [-0.25, -0.2) is 0 Å². The van der Waals surface area contributed by atoms with Gasteiger partial charge in [0.15, 0.2) is 0 Å². The highest BCUT2D eigenvalue weighted by molar-refractivity contribution is 5.69. The van der Waals surface area contributed by atoms with E-state index in [-0.39, 0.29) is 37.6 Å². The Morgan fingerprint density at radius 1 is 1.12 bits per heavy atom. The van der Waals surface area contributed by atoms with Crippen molar-refractivity contribution in [1.82, 2.24) is 0 Å². The highest BCUT2D eigenvalue weighted by Crippen LogP contribution is 2.26. The zero-order valence-corrected chi connectivity index (χ0v) is 9.89. The number of hydrogen-bond donors (Lipinski definition) is 1. The van der Waals surface area contributed by atoms with Crippen molar-refractivity contribution in [3.05, 3.63) is 0 Å². The van der Waals surface area contributed by atoms with E-state index >= 15 is 0 Å². The summed E-state index contributed by atoms with van der Waals surface area (Å²) in [4.78, 5) is 21.0. The van der Waals surface area contributed by atoms with Gasteiger partial charge in [-0.3, -0.25) is 9.59 Å². The van der Waals surface area contributed by atoms with Crippen molar-refractivity contribution in [1.29, 1.82) is 0 Å². The van der Waals surface area contributed by atoms with Crippen molar-refractivity contribution in [2.45, 2.75) is 37.9 Å². The molecule has 0 aromatic carbocycles. The van der Waals surface area contributed by atoms with Crippen LogP contribution in [0.1, 0.15) is 25.7 Å². The summed E-state index contributed by atoms with van der Waals surface area (Å²) in [5.74, 6) is -1.13. The molecular weight excluding hydrogens is 228 g/mol. The van der Waals surface area contributed by atoms with Crippen LogP contribution in [0.25, 0.3) is 0 Å². The second-order valence-corrected chi connectivity index (χ2v) is 3.93. The third-order valence-electron chi connectivity index (χ3n) is 2.61. The minimum atomic E-state index is -0.852. The molecule has 1 saturated carbocycles. The molecule has 0 atom stereocenters. The Morgan fingerprint density at radius 3 is 2.12 bits per heavy atom. The summed E-state index contributed by atoms with van der Waals surface area (Å²) in [7, 11) is 1.35. The van der Waals surface area contributed by atoms with Crippen molar-refractivity contribution in [2.75, 3.05) is 20.3 Å². The monoisotopic (exact) mass is 246 g/mol. The van der Waals surface area contributed by atoms with Crippen molar-refractivity contribution in [3.63, 3.8) is 0 Å². The topological polar surface area (TPSA) is 82.1 Å². The van der Waals surface area contributed by atoms with Crippen molar-refractivity contribution < 1.29 is 28.9 Å². The van der Waals surface area contributed by atoms with Gasteiger partial charge in [0.2, 0.25) is 0 Å². The minimum absolute atomic E-state index is 0.0321. The van der Waals surface area contributed by atoms with E-state index in [0.717, 1.165) is 12.8 Å². The molecule has 1 rings (SSSR count).